The first-order valence-corrected chi connectivity index (χ1v) is 18.5. The van der Waals surface area contributed by atoms with E-state index in [-0.39, 0.29) is 0 Å². The van der Waals surface area contributed by atoms with Crippen LogP contribution in [0.25, 0.3) is 22.3 Å². The van der Waals surface area contributed by atoms with Crippen LogP contribution < -0.4 is 0 Å². The minimum atomic E-state index is -2.73. The lowest BCUT2D eigenvalue weighted by atomic mass is 9.91. The summed E-state index contributed by atoms with van der Waals surface area (Å²) in [5.74, 6) is -29.1. The van der Waals surface area contributed by atoms with Gasteiger partial charge in [-0.15, -0.1) is 0 Å². The second-order valence-electron chi connectivity index (χ2n) is 14.3. The normalized spacial score (nSPS) is 18.3. The zero-order chi connectivity index (χ0) is 49.2. The van der Waals surface area contributed by atoms with Gasteiger partial charge < -0.3 is 105 Å². The summed E-state index contributed by atoms with van der Waals surface area (Å²) in [6, 6.07) is 2.57. The van der Waals surface area contributed by atoms with Crippen molar-refractivity contribution in [2.45, 2.75) is 24.4 Å². The van der Waals surface area contributed by atoms with Crippen LogP contribution in [0.2, 0.25) is 0 Å². The Morgan fingerprint density at radius 1 is 0.448 bits per heavy atom. The fourth-order valence-corrected chi connectivity index (χ4v) is 7.09. The molecule has 350 valence electrons. The van der Waals surface area contributed by atoms with Crippen LogP contribution >= 0.6 is 0 Å². The van der Waals surface area contributed by atoms with Gasteiger partial charge in [0.25, 0.3) is 0 Å². The van der Waals surface area contributed by atoms with Crippen molar-refractivity contribution in [3.8, 4) is 108 Å². The van der Waals surface area contributed by atoms with Gasteiger partial charge in [0.2, 0.25) is 23.0 Å². The maximum atomic E-state index is 14.5. The molecule has 0 bridgehead atoms. The van der Waals surface area contributed by atoms with E-state index in [9.17, 15) is 106 Å². The Bertz CT molecular complexity index is 2970. The lowest BCUT2D eigenvalue weighted by molar-refractivity contribution is -0.137. The summed E-state index contributed by atoms with van der Waals surface area (Å²) in [6.07, 6.45) is -10.4. The van der Waals surface area contributed by atoms with Gasteiger partial charge in [0.05, 0.1) is 34.4 Å². The summed E-state index contributed by atoms with van der Waals surface area (Å²) < 4.78 is 27.4. The summed E-state index contributed by atoms with van der Waals surface area (Å²) in [7, 11) is 0. The molecule has 26 nitrogen and oxygen atoms in total. The van der Waals surface area contributed by atoms with Crippen molar-refractivity contribution in [3.63, 3.8) is 0 Å². The first-order valence-electron chi connectivity index (χ1n) is 18.5. The summed E-state index contributed by atoms with van der Waals surface area (Å²) in [5, 5.41) is 169. The largest absolute Gasteiger partial charge is 0.504 e. The molecule has 5 aromatic rings. The second-order valence-corrected chi connectivity index (χ2v) is 14.3. The lowest BCUT2D eigenvalue weighted by Gasteiger charge is -2.36. The van der Waals surface area contributed by atoms with Crippen molar-refractivity contribution in [3.05, 3.63) is 64.2 Å². The number of phenols is 15. The quantitative estimate of drug-likeness (QED) is 0.0685. The van der Waals surface area contributed by atoms with E-state index >= 15 is 0 Å². The van der Waals surface area contributed by atoms with Gasteiger partial charge in [-0.25, -0.2) is 24.0 Å². The van der Waals surface area contributed by atoms with Gasteiger partial charge in [-0.2, -0.15) is 0 Å². The van der Waals surface area contributed by atoms with Crippen LogP contribution in [0.15, 0.2) is 36.4 Å². The standard InChI is InChI=1S/C41H30O26/c42-7-20-35(66-40(61)13-6-19(48)30(53)34(57)25(13)23-11(39(60)64-20)4-17(46)28(51)32(23)55)36-21(65-37(58)9-1-14(43)26(49)15(44)2-9)8-63-38(59)10-3-16(45)27(50)31(54)22(10)24-12(41(62)67-36)5-18(47)29(52)33(24)56/h1-6,20-21,35-36,42-57H,7-8H2/t20-,21?,35+,36+/m0/s1. The Labute approximate surface area is 369 Å². The summed E-state index contributed by atoms with van der Waals surface area (Å²) >= 11 is 0. The van der Waals surface area contributed by atoms with Gasteiger partial charge in [-0.3, -0.25) is 0 Å². The Morgan fingerprint density at radius 2 is 0.776 bits per heavy atom. The number of benzene rings is 5. The van der Waals surface area contributed by atoms with E-state index < -0.39 is 204 Å². The molecule has 4 atom stereocenters. The minimum Gasteiger partial charge on any atom is -0.504 e. The van der Waals surface area contributed by atoms with Crippen molar-refractivity contribution in [2.75, 3.05) is 13.2 Å². The number of cyclic esters (lactones) is 4. The van der Waals surface area contributed by atoms with E-state index in [0.717, 1.165) is 0 Å². The third-order valence-corrected chi connectivity index (χ3v) is 10.3. The number of aliphatic hydroxyl groups is 1. The molecule has 2 aliphatic rings. The number of hydrogen-bond acceptors (Lipinski definition) is 26. The first kappa shape index (κ1) is 45.4. The molecule has 5 aromatic carbocycles. The molecule has 2 aliphatic heterocycles. The second kappa shape index (κ2) is 16.5. The number of ether oxygens (including phenoxy) is 5. The summed E-state index contributed by atoms with van der Waals surface area (Å²) in [5.41, 5.74) is -9.80. The van der Waals surface area contributed by atoms with Crippen LogP contribution in [0.1, 0.15) is 51.8 Å². The van der Waals surface area contributed by atoms with Crippen molar-refractivity contribution in [2.24, 2.45) is 0 Å². The number of carbonyl (C=O) groups is 5. The maximum Gasteiger partial charge on any atom is 0.339 e. The predicted molar refractivity (Wildman–Crippen MR) is 209 cm³/mol. The third kappa shape index (κ3) is 7.48. The topological polar surface area (TPSA) is 455 Å². The number of hydrogen-bond donors (Lipinski definition) is 16. The summed E-state index contributed by atoms with van der Waals surface area (Å²) in [6.45, 7) is -3.01. The third-order valence-electron chi connectivity index (χ3n) is 10.3. The van der Waals surface area contributed by atoms with Crippen LogP contribution in [0.3, 0.4) is 0 Å². The van der Waals surface area contributed by atoms with Gasteiger partial charge in [-0.05, 0) is 36.4 Å². The molecule has 2 heterocycles. The molecule has 26 heteroatoms. The van der Waals surface area contributed by atoms with Crippen LogP contribution in [-0.2, 0) is 23.7 Å². The number of fused-ring (bicyclic) bond motifs is 6. The highest BCUT2D eigenvalue weighted by atomic mass is 16.6. The Kier molecular flexibility index (Phi) is 11.2. The van der Waals surface area contributed by atoms with E-state index in [1.165, 1.54) is 0 Å². The minimum absolute atomic E-state index is 0.339. The zero-order valence-corrected chi connectivity index (χ0v) is 32.9. The van der Waals surface area contributed by atoms with Crippen LogP contribution in [0.5, 0.6) is 86.2 Å². The molecule has 1 unspecified atom stereocenters. The molecular formula is C41H30O26. The van der Waals surface area contributed by atoms with Gasteiger partial charge in [0.15, 0.2) is 87.7 Å². The van der Waals surface area contributed by atoms with E-state index in [1.807, 2.05) is 0 Å². The highest BCUT2D eigenvalue weighted by Gasteiger charge is 2.48. The molecule has 0 saturated heterocycles. The Hall–Kier alpha value is -9.59. The molecule has 0 amide bonds. The molecule has 7 rings (SSSR count). The molecule has 0 aliphatic carbocycles. The van der Waals surface area contributed by atoms with Gasteiger partial charge in [-0.1, -0.05) is 0 Å². The Morgan fingerprint density at radius 3 is 1.15 bits per heavy atom. The number of rotatable bonds is 4. The van der Waals surface area contributed by atoms with Gasteiger partial charge >= 0.3 is 29.8 Å². The number of aromatic hydroxyl groups is 15. The fraction of sp³-hybridized carbons (Fsp3) is 0.146. The summed E-state index contributed by atoms with van der Waals surface area (Å²) in [4.78, 5) is 70.7. The number of phenolic OH excluding ortho intramolecular Hbond substituents is 15. The highest BCUT2D eigenvalue weighted by Crippen LogP contribution is 2.55. The van der Waals surface area contributed by atoms with Crippen molar-refractivity contribution in [1.29, 1.82) is 0 Å². The number of carbonyl (C=O) groups excluding carboxylic acids is 5. The number of esters is 5. The highest BCUT2D eigenvalue weighted by molar-refractivity contribution is 6.10. The van der Waals surface area contributed by atoms with Gasteiger partial charge in [0, 0.05) is 22.3 Å². The van der Waals surface area contributed by atoms with Crippen LogP contribution in [0.4, 0.5) is 0 Å². The lowest BCUT2D eigenvalue weighted by Crippen LogP contribution is -2.54. The monoisotopic (exact) mass is 938 g/mol. The maximum absolute atomic E-state index is 14.5. The SMILES string of the molecule is O=C(OC1COC(=O)c2cc(O)c(O)c(O)c2-c2c(cc(O)c(O)c2O)C(=O)O[C@H]1[C@@H]1OC(=O)c2cc(O)c(O)c(O)c2-c2c(cc(O)c(O)c2O)C(=O)O[C@H]1CO)c1cc(O)c(O)c(O)c1. The molecule has 0 spiro atoms. The zero-order valence-electron chi connectivity index (χ0n) is 32.9. The fourth-order valence-electron chi connectivity index (χ4n) is 7.09. The molecule has 0 saturated carbocycles. The molecule has 67 heavy (non-hydrogen) atoms. The van der Waals surface area contributed by atoms with Crippen molar-refractivity contribution < 1.29 is 129 Å². The van der Waals surface area contributed by atoms with Crippen LogP contribution in [0, 0.1) is 0 Å². The van der Waals surface area contributed by atoms with E-state index in [4.69, 9.17) is 23.7 Å². The Balaban J connectivity index is 1.51. The van der Waals surface area contributed by atoms with Gasteiger partial charge in [0.1, 0.15) is 6.61 Å². The molecular weight excluding hydrogens is 908 g/mol. The molecule has 0 fully saturated rings. The molecule has 16 N–H and O–H groups in total. The predicted octanol–water partition coefficient (Wildman–Crippen LogP) is 1.28. The van der Waals surface area contributed by atoms with E-state index in [2.05, 4.69) is 0 Å². The van der Waals surface area contributed by atoms with E-state index in [0.29, 0.717) is 36.4 Å². The first-order chi connectivity index (χ1) is 31.5. The average Bonchev–Trinajstić information content (AvgIpc) is 3.29. The van der Waals surface area contributed by atoms with E-state index in [1.54, 1.807) is 0 Å². The smallest absolute Gasteiger partial charge is 0.339 e. The van der Waals surface area contributed by atoms with Crippen LogP contribution in [-0.4, -0.2) is 149 Å². The average molecular weight is 939 g/mol. The van der Waals surface area contributed by atoms with Crippen molar-refractivity contribution in [1.82, 2.24) is 0 Å². The number of aliphatic hydroxyl groups excluding tert-OH is 1. The molecule has 0 aromatic heterocycles. The van der Waals surface area contributed by atoms with Crippen molar-refractivity contribution >= 4 is 29.8 Å². The molecule has 0 radical (unpaired) electrons.